The summed E-state index contributed by atoms with van der Waals surface area (Å²) in [6, 6.07) is 13.2. The molecule has 1 saturated heterocycles. The summed E-state index contributed by atoms with van der Waals surface area (Å²) < 4.78 is 11.0. The van der Waals surface area contributed by atoms with Gasteiger partial charge in [0, 0.05) is 0 Å². The third-order valence-electron chi connectivity index (χ3n) is 4.14. The van der Waals surface area contributed by atoms with E-state index >= 15 is 0 Å². The van der Waals surface area contributed by atoms with E-state index in [9.17, 15) is 4.79 Å². The lowest BCUT2D eigenvalue weighted by Gasteiger charge is -2.12. The van der Waals surface area contributed by atoms with Crippen molar-refractivity contribution >= 4 is 46.2 Å². The Kier molecular flexibility index (Phi) is 7.39. The van der Waals surface area contributed by atoms with Gasteiger partial charge in [0.2, 0.25) is 0 Å². The highest BCUT2D eigenvalue weighted by atomic mass is 35.5. The number of carbonyl (C=O) groups excluding carboxylic acids is 1. The van der Waals surface area contributed by atoms with E-state index in [1.807, 2.05) is 37.3 Å². The molecule has 0 aliphatic carbocycles. The molecule has 2 aromatic carbocycles. The van der Waals surface area contributed by atoms with Crippen LogP contribution in [0.5, 0.6) is 11.5 Å². The van der Waals surface area contributed by atoms with Crippen LogP contribution in [0.2, 0.25) is 5.02 Å². The summed E-state index contributed by atoms with van der Waals surface area (Å²) in [6.07, 6.45) is 2.67. The van der Waals surface area contributed by atoms with Gasteiger partial charge in [0.1, 0.15) is 6.07 Å². The largest absolute Gasteiger partial charge is 0.490 e. The average molecular weight is 442 g/mol. The monoisotopic (exact) mass is 441 g/mol. The number of ether oxygens (including phenoxy) is 2. The number of benzene rings is 2. The second-order valence-corrected chi connectivity index (χ2v) is 7.65. The predicted molar refractivity (Wildman–Crippen MR) is 120 cm³/mol. The lowest BCUT2D eigenvalue weighted by Crippen LogP contribution is -2.19. The molecule has 30 heavy (non-hydrogen) atoms. The van der Waals surface area contributed by atoms with Crippen molar-refractivity contribution < 1.29 is 14.3 Å². The molecule has 1 amide bonds. The number of aryl methyl sites for hydroxylation is 1. The Morgan fingerprint density at radius 1 is 1.23 bits per heavy atom. The molecule has 8 heteroatoms. The van der Waals surface area contributed by atoms with Crippen LogP contribution in [0.3, 0.4) is 0 Å². The summed E-state index contributed by atoms with van der Waals surface area (Å²) in [5.41, 5.74) is 2.68. The van der Waals surface area contributed by atoms with Gasteiger partial charge < -0.3 is 14.8 Å². The molecule has 0 bridgehead atoms. The fourth-order valence-corrected chi connectivity index (χ4v) is 3.85. The molecular formula is C22H20ClN3O3S. The number of thioether (sulfide) groups is 1. The second-order valence-electron chi connectivity index (χ2n) is 6.21. The molecule has 0 saturated carbocycles. The molecule has 0 unspecified atom stereocenters. The fraction of sp³-hybridized carbons (Fsp3) is 0.227. The van der Waals surface area contributed by atoms with Crippen molar-refractivity contribution in [3.8, 4) is 17.6 Å². The molecule has 154 valence electrons. The van der Waals surface area contributed by atoms with Gasteiger partial charge in [-0.2, -0.15) is 5.26 Å². The van der Waals surface area contributed by atoms with Gasteiger partial charge in [-0.15, -0.1) is 0 Å². The minimum absolute atomic E-state index is 0.141. The fourth-order valence-electron chi connectivity index (χ4n) is 2.73. The summed E-state index contributed by atoms with van der Waals surface area (Å²) in [6.45, 7) is 4.19. The number of amidine groups is 1. The third kappa shape index (κ3) is 5.35. The number of nitriles is 1. The molecule has 1 aliphatic heterocycles. The van der Waals surface area contributed by atoms with E-state index in [0.717, 1.165) is 12.1 Å². The van der Waals surface area contributed by atoms with Gasteiger partial charge in [0.25, 0.3) is 5.91 Å². The molecule has 1 heterocycles. The Balaban J connectivity index is 1.84. The highest BCUT2D eigenvalue weighted by Gasteiger charge is 2.24. The Bertz CT molecular complexity index is 1040. The third-order valence-corrected chi connectivity index (χ3v) is 5.33. The van der Waals surface area contributed by atoms with E-state index in [1.165, 1.54) is 17.3 Å². The van der Waals surface area contributed by atoms with Crippen LogP contribution >= 0.6 is 23.4 Å². The van der Waals surface area contributed by atoms with E-state index < -0.39 is 0 Å². The molecule has 0 radical (unpaired) electrons. The quantitative estimate of drug-likeness (QED) is 0.604. The van der Waals surface area contributed by atoms with E-state index in [-0.39, 0.29) is 12.5 Å². The van der Waals surface area contributed by atoms with Gasteiger partial charge in [-0.3, -0.25) is 4.79 Å². The number of hydrogen-bond donors (Lipinski definition) is 1. The predicted octanol–water partition coefficient (Wildman–Crippen LogP) is 5.10. The van der Waals surface area contributed by atoms with E-state index in [2.05, 4.69) is 17.2 Å². The maximum absolute atomic E-state index is 12.4. The lowest BCUT2D eigenvalue weighted by atomic mass is 10.1. The molecule has 6 nitrogen and oxygen atoms in total. The molecule has 1 N–H and O–H groups in total. The average Bonchev–Trinajstić information content (AvgIpc) is 3.07. The molecule has 2 aromatic rings. The minimum Gasteiger partial charge on any atom is -0.490 e. The number of aliphatic imine (C=N–C) groups is 1. The summed E-state index contributed by atoms with van der Waals surface area (Å²) in [5, 5.41) is 12.3. The van der Waals surface area contributed by atoms with Gasteiger partial charge >= 0.3 is 0 Å². The zero-order valence-corrected chi connectivity index (χ0v) is 18.1. The van der Waals surface area contributed by atoms with Gasteiger partial charge in [-0.25, -0.2) is 4.99 Å². The zero-order valence-electron chi connectivity index (χ0n) is 16.6. The summed E-state index contributed by atoms with van der Waals surface area (Å²) in [5.74, 6) is 0.492. The maximum atomic E-state index is 12.4. The SMILES string of the molecule is CCOc1cc(/C=C2\SC(=Nc3ccc(CC)cc3)NC2=O)cc(Cl)c1OCC#N. The first kappa shape index (κ1) is 21.8. The van der Waals surface area contributed by atoms with Crippen molar-refractivity contribution in [2.45, 2.75) is 20.3 Å². The lowest BCUT2D eigenvalue weighted by molar-refractivity contribution is -0.115. The van der Waals surface area contributed by atoms with Gasteiger partial charge in [0.15, 0.2) is 23.3 Å². The van der Waals surface area contributed by atoms with Crippen LogP contribution in [0.4, 0.5) is 5.69 Å². The topological polar surface area (TPSA) is 83.7 Å². The summed E-state index contributed by atoms with van der Waals surface area (Å²) >= 11 is 7.57. The number of nitrogens with zero attached hydrogens (tertiary/aromatic N) is 2. The number of hydrogen-bond acceptors (Lipinski definition) is 6. The maximum Gasteiger partial charge on any atom is 0.264 e. The summed E-state index contributed by atoms with van der Waals surface area (Å²) in [4.78, 5) is 17.4. The van der Waals surface area contributed by atoms with Crippen LogP contribution in [-0.4, -0.2) is 24.3 Å². The Hall–Kier alpha value is -2.95. The van der Waals surface area contributed by atoms with Gasteiger partial charge in [-0.1, -0.05) is 30.7 Å². The van der Waals surface area contributed by atoms with E-state index in [1.54, 1.807) is 18.2 Å². The number of halogens is 1. The van der Waals surface area contributed by atoms with Crippen molar-refractivity contribution in [1.29, 1.82) is 5.26 Å². The van der Waals surface area contributed by atoms with Crippen LogP contribution in [0.15, 0.2) is 46.3 Å². The van der Waals surface area contributed by atoms with Gasteiger partial charge in [-0.05, 0) is 66.6 Å². The molecule has 3 rings (SSSR count). The highest BCUT2D eigenvalue weighted by molar-refractivity contribution is 8.18. The van der Waals surface area contributed by atoms with Crippen molar-refractivity contribution in [3.05, 3.63) is 57.5 Å². The molecule has 1 aliphatic rings. The number of amides is 1. The van der Waals surface area contributed by atoms with Crippen molar-refractivity contribution in [1.82, 2.24) is 5.32 Å². The molecule has 0 spiro atoms. The number of carbonyl (C=O) groups is 1. The van der Waals surface area contributed by atoms with Crippen LogP contribution in [0.25, 0.3) is 6.08 Å². The molecule has 0 aromatic heterocycles. The summed E-state index contributed by atoms with van der Waals surface area (Å²) in [7, 11) is 0. The first-order valence-corrected chi connectivity index (χ1v) is 10.6. The van der Waals surface area contributed by atoms with Crippen LogP contribution < -0.4 is 14.8 Å². The second kappa shape index (κ2) is 10.2. The van der Waals surface area contributed by atoms with E-state index in [0.29, 0.717) is 38.8 Å². The van der Waals surface area contributed by atoms with Crippen LogP contribution in [-0.2, 0) is 11.2 Å². The smallest absolute Gasteiger partial charge is 0.264 e. The van der Waals surface area contributed by atoms with Crippen molar-refractivity contribution in [2.24, 2.45) is 4.99 Å². The molecule has 1 fully saturated rings. The number of rotatable bonds is 7. The van der Waals surface area contributed by atoms with Crippen LogP contribution in [0.1, 0.15) is 25.0 Å². The highest BCUT2D eigenvalue weighted by Crippen LogP contribution is 2.38. The van der Waals surface area contributed by atoms with Gasteiger partial charge in [0.05, 0.1) is 22.2 Å². The van der Waals surface area contributed by atoms with E-state index in [4.69, 9.17) is 26.3 Å². The zero-order chi connectivity index (χ0) is 21.5. The standard InChI is InChI=1S/C22H20ClN3O3S/c1-3-14-5-7-16(8-6-14)25-22-26-21(27)19(30-22)13-15-11-17(23)20(29-10-9-24)18(12-15)28-4-2/h5-8,11-13H,3-4,10H2,1-2H3,(H,25,26,27)/b19-13-. The first-order valence-electron chi connectivity index (χ1n) is 9.38. The Labute approximate surface area is 184 Å². The molecular weight excluding hydrogens is 422 g/mol. The molecule has 0 atom stereocenters. The number of nitrogens with one attached hydrogen (secondary N) is 1. The van der Waals surface area contributed by atoms with Crippen molar-refractivity contribution in [2.75, 3.05) is 13.2 Å². The van der Waals surface area contributed by atoms with Crippen LogP contribution in [0, 0.1) is 11.3 Å². The first-order chi connectivity index (χ1) is 14.5. The minimum atomic E-state index is -0.234. The van der Waals surface area contributed by atoms with Crippen molar-refractivity contribution in [3.63, 3.8) is 0 Å². The Morgan fingerprint density at radius 2 is 2.00 bits per heavy atom. The normalized spacial score (nSPS) is 15.9. The Morgan fingerprint density at radius 3 is 2.67 bits per heavy atom.